The van der Waals surface area contributed by atoms with Crippen LogP contribution in [-0.2, 0) is 20.9 Å². The van der Waals surface area contributed by atoms with Crippen molar-refractivity contribution in [2.45, 2.75) is 32.2 Å². The van der Waals surface area contributed by atoms with Crippen LogP contribution in [-0.4, -0.2) is 61.9 Å². The minimum Gasteiger partial charge on any atom is -0.369 e. The number of anilines is 1. The largest absolute Gasteiger partial charge is 0.369 e. The van der Waals surface area contributed by atoms with Crippen LogP contribution in [0.3, 0.4) is 0 Å². The second-order valence-corrected chi connectivity index (χ2v) is 6.43. The smallest absolute Gasteiger partial charge is 0.280 e. The van der Waals surface area contributed by atoms with Gasteiger partial charge in [0, 0.05) is 38.9 Å². The monoisotopic (exact) mass is 390 g/mol. The van der Waals surface area contributed by atoms with E-state index in [-0.39, 0.29) is 61.8 Å². The van der Waals surface area contributed by atoms with E-state index < -0.39 is 5.56 Å². The molecule has 150 valence electrons. The molecule has 1 fully saturated rings. The Morgan fingerprint density at radius 3 is 2.75 bits per heavy atom. The molecule has 0 aliphatic carbocycles. The molecule has 28 heavy (non-hydrogen) atoms. The lowest BCUT2D eigenvalue weighted by atomic mass is 10.3. The fourth-order valence-corrected chi connectivity index (χ4v) is 2.90. The van der Waals surface area contributed by atoms with E-state index in [2.05, 4.69) is 25.6 Å². The van der Waals surface area contributed by atoms with Crippen LogP contribution in [0.1, 0.15) is 25.7 Å². The summed E-state index contributed by atoms with van der Waals surface area (Å²) in [4.78, 5) is 58.9. The van der Waals surface area contributed by atoms with Crippen molar-refractivity contribution in [1.29, 1.82) is 0 Å². The first-order valence-corrected chi connectivity index (χ1v) is 8.96. The number of fused-ring (bicyclic) bond motifs is 1. The van der Waals surface area contributed by atoms with Crippen LogP contribution in [0.2, 0.25) is 0 Å². The molecule has 3 rings (SSSR count). The third kappa shape index (κ3) is 4.64. The van der Waals surface area contributed by atoms with Gasteiger partial charge < -0.3 is 25.8 Å². The van der Waals surface area contributed by atoms with Gasteiger partial charge in [0.15, 0.2) is 11.2 Å². The van der Waals surface area contributed by atoms with Gasteiger partial charge in [-0.3, -0.25) is 24.2 Å². The van der Waals surface area contributed by atoms with E-state index in [4.69, 9.17) is 5.73 Å². The number of carbonyl (C=O) groups excluding carboxylic acids is 3. The molecular weight excluding hydrogens is 368 g/mol. The molecule has 2 aromatic rings. The van der Waals surface area contributed by atoms with Gasteiger partial charge in [-0.25, -0.2) is 4.98 Å². The van der Waals surface area contributed by atoms with Gasteiger partial charge >= 0.3 is 0 Å². The Hall–Kier alpha value is -3.44. The van der Waals surface area contributed by atoms with Gasteiger partial charge in [0.2, 0.25) is 23.7 Å². The van der Waals surface area contributed by atoms with Gasteiger partial charge in [-0.2, -0.15) is 4.98 Å². The number of aryl methyl sites for hydroxylation is 1. The first-order valence-electron chi connectivity index (χ1n) is 8.96. The zero-order valence-electron chi connectivity index (χ0n) is 15.2. The summed E-state index contributed by atoms with van der Waals surface area (Å²) in [5.41, 5.74) is 5.56. The van der Waals surface area contributed by atoms with E-state index in [0.29, 0.717) is 18.6 Å². The number of nitrogens with one attached hydrogen (secondary N) is 3. The minimum absolute atomic E-state index is 0.0228. The molecule has 0 bridgehead atoms. The summed E-state index contributed by atoms with van der Waals surface area (Å²) in [6.45, 7) is 1.31. The van der Waals surface area contributed by atoms with Crippen LogP contribution in [0, 0.1) is 0 Å². The lowest BCUT2D eigenvalue weighted by Crippen LogP contribution is -2.39. The van der Waals surface area contributed by atoms with Crippen molar-refractivity contribution in [3.63, 3.8) is 0 Å². The number of hydrogen-bond donors (Lipinski definition) is 4. The molecule has 0 saturated carbocycles. The number of imidazole rings is 1. The molecule has 0 radical (unpaired) electrons. The van der Waals surface area contributed by atoms with Crippen molar-refractivity contribution in [2.75, 3.05) is 25.5 Å². The fraction of sp³-hybridized carbons (Fsp3) is 0.500. The Labute approximate surface area is 159 Å². The zero-order valence-corrected chi connectivity index (χ0v) is 15.2. The number of amides is 3. The molecule has 2 aromatic heterocycles. The maximum absolute atomic E-state index is 12.0. The maximum atomic E-state index is 12.0. The molecule has 0 aromatic carbocycles. The van der Waals surface area contributed by atoms with E-state index >= 15 is 0 Å². The number of rotatable bonds is 8. The van der Waals surface area contributed by atoms with Crippen LogP contribution in [0.25, 0.3) is 11.2 Å². The van der Waals surface area contributed by atoms with Crippen molar-refractivity contribution in [3.05, 3.63) is 16.7 Å². The summed E-state index contributed by atoms with van der Waals surface area (Å²) >= 11 is 0. The Balaban J connectivity index is 1.38. The summed E-state index contributed by atoms with van der Waals surface area (Å²) in [5.74, 6) is -0.467. The minimum atomic E-state index is -0.438. The molecule has 12 heteroatoms. The Morgan fingerprint density at radius 1 is 1.21 bits per heavy atom. The number of likely N-dealkylation sites (tertiary alicyclic amines) is 1. The number of carbonyl (C=O) groups is 3. The zero-order chi connectivity index (χ0) is 20.1. The number of nitrogens with zero attached hydrogens (tertiary/aromatic N) is 4. The van der Waals surface area contributed by atoms with Crippen molar-refractivity contribution < 1.29 is 14.4 Å². The van der Waals surface area contributed by atoms with Gasteiger partial charge in [0.05, 0.1) is 13.0 Å². The number of aromatic nitrogens is 4. The van der Waals surface area contributed by atoms with E-state index in [1.165, 1.54) is 6.33 Å². The second kappa shape index (κ2) is 8.50. The molecule has 12 nitrogen and oxygen atoms in total. The highest BCUT2D eigenvalue weighted by atomic mass is 16.2. The SMILES string of the molecule is Nc1nc2c(ncn2CCC(=O)NCCC(=O)NCN2CCCC2=O)c(=O)[nH]1. The van der Waals surface area contributed by atoms with Crippen molar-refractivity contribution >= 4 is 34.8 Å². The van der Waals surface area contributed by atoms with Crippen LogP contribution in [0.15, 0.2) is 11.1 Å². The predicted molar refractivity (Wildman–Crippen MR) is 98.8 cm³/mol. The highest BCUT2D eigenvalue weighted by Gasteiger charge is 2.20. The fourth-order valence-electron chi connectivity index (χ4n) is 2.90. The van der Waals surface area contributed by atoms with E-state index in [0.717, 1.165) is 6.42 Å². The van der Waals surface area contributed by atoms with Crippen molar-refractivity contribution in [3.8, 4) is 0 Å². The number of aromatic amines is 1. The van der Waals surface area contributed by atoms with E-state index in [1.54, 1.807) is 9.47 Å². The summed E-state index contributed by atoms with van der Waals surface area (Å²) in [5, 5.41) is 5.32. The maximum Gasteiger partial charge on any atom is 0.280 e. The number of hydrogen-bond acceptors (Lipinski definition) is 7. The van der Waals surface area contributed by atoms with E-state index in [1.807, 2.05) is 0 Å². The average Bonchev–Trinajstić information content (AvgIpc) is 3.24. The number of nitrogens with two attached hydrogens (primary N) is 1. The lowest BCUT2D eigenvalue weighted by Gasteiger charge is -2.16. The highest BCUT2D eigenvalue weighted by Crippen LogP contribution is 2.08. The first kappa shape index (κ1) is 19.3. The third-order valence-electron chi connectivity index (χ3n) is 4.39. The van der Waals surface area contributed by atoms with Crippen LogP contribution in [0.4, 0.5) is 5.95 Å². The molecule has 0 spiro atoms. The highest BCUT2D eigenvalue weighted by molar-refractivity contribution is 5.81. The molecule has 1 aliphatic heterocycles. The topological polar surface area (TPSA) is 168 Å². The van der Waals surface area contributed by atoms with Crippen LogP contribution >= 0.6 is 0 Å². The van der Waals surface area contributed by atoms with Crippen LogP contribution < -0.4 is 21.9 Å². The summed E-state index contributed by atoms with van der Waals surface area (Å²) in [6, 6.07) is 0. The quantitative estimate of drug-likeness (QED) is 0.416. The molecule has 0 unspecified atom stereocenters. The normalized spacial score (nSPS) is 13.9. The lowest BCUT2D eigenvalue weighted by molar-refractivity contribution is -0.129. The molecule has 3 heterocycles. The first-order chi connectivity index (χ1) is 13.4. The predicted octanol–water partition coefficient (Wildman–Crippen LogP) is -1.71. The van der Waals surface area contributed by atoms with Crippen molar-refractivity contribution in [2.24, 2.45) is 0 Å². The average molecular weight is 390 g/mol. The summed E-state index contributed by atoms with van der Waals surface area (Å²) in [7, 11) is 0. The second-order valence-electron chi connectivity index (χ2n) is 6.43. The summed E-state index contributed by atoms with van der Waals surface area (Å²) in [6.07, 6.45) is 3.01. The third-order valence-corrected chi connectivity index (χ3v) is 4.39. The number of H-pyrrole nitrogens is 1. The molecule has 1 saturated heterocycles. The standard InChI is InChI=1S/C16H22N8O4/c17-16-21-14-13(15(28)22-16)20-9-24(14)7-4-11(26)18-5-3-10(25)19-8-23-6-1-2-12(23)27/h9H,1-8H2,(H,18,26)(H,19,25)(H3,17,21,22,28). The Bertz CT molecular complexity index is 950. The Morgan fingerprint density at radius 2 is 2.00 bits per heavy atom. The van der Waals surface area contributed by atoms with Crippen molar-refractivity contribution in [1.82, 2.24) is 35.1 Å². The molecule has 0 atom stereocenters. The van der Waals surface area contributed by atoms with E-state index in [9.17, 15) is 19.2 Å². The van der Waals surface area contributed by atoms with Gasteiger partial charge in [-0.05, 0) is 6.42 Å². The molecule has 3 amide bonds. The van der Waals surface area contributed by atoms with Gasteiger partial charge in [0.25, 0.3) is 5.56 Å². The molecular formula is C16H22N8O4. The molecule has 5 N–H and O–H groups in total. The Kier molecular flexibility index (Phi) is 5.87. The summed E-state index contributed by atoms with van der Waals surface area (Å²) < 4.78 is 1.57. The molecule has 1 aliphatic rings. The van der Waals surface area contributed by atoms with Gasteiger partial charge in [0.1, 0.15) is 0 Å². The number of nitrogen functional groups attached to an aromatic ring is 1. The van der Waals surface area contributed by atoms with Gasteiger partial charge in [-0.1, -0.05) is 0 Å². The van der Waals surface area contributed by atoms with Gasteiger partial charge in [-0.15, -0.1) is 0 Å². The van der Waals surface area contributed by atoms with Crippen LogP contribution in [0.5, 0.6) is 0 Å².